The van der Waals surface area contributed by atoms with Crippen LogP contribution < -0.4 is 20.1 Å². The van der Waals surface area contributed by atoms with Crippen LogP contribution in [0.5, 0.6) is 5.75 Å². The molecule has 0 saturated heterocycles. The van der Waals surface area contributed by atoms with Crippen LogP contribution in [0.4, 0.5) is 20.2 Å². The molecule has 150 valence electrons. The third kappa shape index (κ3) is 5.91. The highest BCUT2D eigenvalue weighted by Crippen LogP contribution is 2.28. The van der Waals surface area contributed by atoms with Gasteiger partial charge in [0.25, 0.3) is 5.91 Å². The van der Waals surface area contributed by atoms with E-state index in [9.17, 15) is 26.8 Å². The number of carbonyl (C=O) groups is 2. The number of halogens is 2. The van der Waals surface area contributed by atoms with Gasteiger partial charge >= 0.3 is 0 Å². The average Bonchev–Trinajstić information content (AvgIpc) is 2.58. The number of amides is 2. The fourth-order valence-electron chi connectivity index (χ4n) is 2.20. The lowest BCUT2D eigenvalue weighted by Crippen LogP contribution is -2.33. The van der Waals surface area contributed by atoms with E-state index in [4.69, 9.17) is 4.74 Å². The van der Waals surface area contributed by atoms with Crippen LogP contribution in [-0.4, -0.2) is 40.1 Å². The lowest BCUT2D eigenvalue weighted by Gasteiger charge is -2.13. The second kappa shape index (κ2) is 8.65. The predicted molar refractivity (Wildman–Crippen MR) is 98.8 cm³/mol. The first-order valence-electron chi connectivity index (χ1n) is 7.78. The summed E-state index contributed by atoms with van der Waals surface area (Å²) in [5.74, 6) is -3.17. The first-order chi connectivity index (χ1) is 13.1. The van der Waals surface area contributed by atoms with Crippen molar-refractivity contribution in [2.45, 2.75) is 0 Å². The van der Waals surface area contributed by atoms with Gasteiger partial charge in [-0.15, -0.1) is 0 Å². The van der Waals surface area contributed by atoms with Crippen LogP contribution in [0.2, 0.25) is 0 Å². The fourth-order valence-corrected chi connectivity index (χ4v) is 2.76. The van der Waals surface area contributed by atoms with E-state index in [1.165, 1.54) is 25.3 Å². The lowest BCUT2D eigenvalue weighted by atomic mass is 10.2. The summed E-state index contributed by atoms with van der Waals surface area (Å²) in [6.45, 7) is -0.490. The number of ether oxygens (including phenoxy) is 1. The second-order valence-corrected chi connectivity index (χ2v) is 7.39. The van der Waals surface area contributed by atoms with E-state index in [0.29, 0.717) is 6.07 Å². The smallest absolute Gasteiger partial charge is 0.254 e. The minimum absolute atomic E-state index is 0.111. The fraction of sp³-hybridized carbons (Fsp3) is 0.176. The SMILES string of the molecule is COc1ccc(NC(=O)CNC(=O)c2ccc(F)cc2F)cc1NS(C)(=O)=O. The molecule has 2 amide bonds. The molecule has 8 nitrogen and oxygen atoms in total. The quantitative estimate of drug-likeness (QED) is 0.640. The number of methoxy groups -OCH3 is 1. The normalized spacial score (nSPS) is 10.9. The number of benzene rings is 2. The Bertz CT molecular complexity index is 1010. The van der Waals surface area contributed by atoms with E-state index in [2.05, 4.69) is 15.4 Å². The molecule has 0 aliphatic rings. The molecule has 0 spiro atoms. The number of rotatable bonds is 7. The number of nitrogens with one attached hydrogen (secondary N) is 3. The summed E-state index contributed by atoms with van der Waals surface area (Å²) in [7, 11) is -2.22. The number of hydrogen-bond acceptors (Lipinski definition) is 5. The van der Waals surface area contributed by atoms with Gasteiger partial charge in [-0.05, 0) is 30.3 Å². The van der Waals surface area contributed by atoms with E-state index < -0.39 is 45.6 Å². The van der Waals surface area contributed by atoms with Gasteiger partial charge in [-0.1, -0.05) is 0 Å². The van der Waals surface area contributed by atoms with Crippen LogP contribution in [0.15, 0.2) is 36.4 Å². The molecule has 2 aromatic rings. The summed E-state index contributed by atoms with van der Waals surface area (Å²) in [5, 5.41) is 4.66. The minimum Gasteiger partial charge on any atom is -0.495 e. The third-order valence-electron chi connectivity index (χ3n) is 3.36. The highest BCUT2D eigenvalue weighted by atomic mass is 32.2. The van der Waals surface area contributed by atoms with Crippen LogP contribution in [-0.2, 0) is 14.8 Å². The van der Waals surface area contributed by atoms with Gasteiger partial charge in [0, 0.05) is 11.8 Å². The van der Waals surface area contributed by atoms with Crippen molar-refractivity contribution in [3.05, 3.63) is 53.6 Å². The molecular formula is C17H17F2N3O5S. The van der Waals surface area contributed by atoms with Crippen LogP contribution in [0.3, 0.4) is 0 Å². The highest BCUT2D eigenvalue weighted by molar-refractivity contribution is 7.92. The maximum Gasteiger partial charge on any atom is 0.254 e. The van der Waals surface area contributed by atoms with Crippen molar-refractivity contribution in [2.75, 3.05) is 29.9 Å². The number of anilines is 2. The molecule has 0 heterocycles. The summed E-state index contributed by atoms with van der Waals surface area (Å²) in [6.07, 6.45) is 0.960. The molecule has 0 aliphatic carbocycles. The zero-order chi connectivity index (χ0) is 20.9. The maximum absolute atomic E-state index is 13.6. The van der Waals surface area contributed by atoms with Crippen molar-refractivity contribution >= 4 is 33.2 Å². The van der Waals surface area contributed by atoms with Crippen molar-refractivity contribution < 1.29 is 31.5 Å². The van der Waals surface area contributed by atoms with Gasteiger partial charge in [0.1, 0.15) is 17.4 Å². The highest BCUT2D eigenvalue weighted by Gasteiger charge is 2.14. The first-order valence-corrected chi connectivity index (χ1v) is 9.67. The largest absolute Gasteiger partial charge is 0.495 e. The van der Waals surface area contributed by atoms with Gasteiger partial charge in [0.15, 0.2) is 0 Å². The summed E-state index contributed by atoms with van der Waals surface area (Å²) in [4.78, 5) is 23.9. The molecule has 3 N–H and O–H groups in total. The molecule has 2 rings (SSSR count). The molecule has 0 saturated carbocycles. The van der Waals surface area contributed by atoms with E-state index >= 15 is 0 Å². The van der Waals surface area contributed by atoms with E-state index in [1.807, 2.05) is 0 Å². The zero-order valence-corrected chi connectivity index (χ0v) is 15.7. The lowest BCUT2D eigenvalue weighted by molar-refractivity contribution is -0.115. The molecule has 0 bridgehead atoms. The molecule has 0 unspecified atom stereocenters. The Hall–Kier alpha value is -3.21. The summed E-state index contributed by atoms with van der Waals surface area (Å²) < 4.78 is 56.5. The zero-order valence-electron chi connectivity index (χ0n) is 14.9. The Balaban J connectivity index is 2.02. The molecule has 0 aliphatic heterocycles. The van der Waals surface area contributed by atoms with Gasteiger partial charge in [-0.25, -0.2) is 17.2 Å². The number of hydrogen-bond donors (Lipinski definition) is 3. The van der Waals surface area contributed by atoms with Gasteiger partial charge in [-0.2, -0.15) is 0 Å². The van der Waals surface area contributed by atoms with Crippen LogP contribution in [0.25, 0.3) is 0 Å². The van der Waals surface area contributed by atoms with Crippen molar-refractivity contribution in [1.82, 2.24) is 5.32 Å². The van der Waals surface area contributed by atoms with Gasteiger partial charge < -0.3 is 15.4 Å². The first kappa shape index (κ1) is 21.1. The Kier molecular flexibility index (Phi) is 6.52. The molecule has 0 atom stereocenters. The summed E-state index contributed by atoms with van der Waals surface area (Å²) in [6, 6.07) is 6.68. The van der Waals surface area contributed by atoms with Crippen molar-refractivity contribution in [3.8, 4) is 5.75 Å². The Morgan fingerprint density at radius 1 is 1.11 bits per heavy atom. The topological polar surface area (TPSA) is 114 Å². The molecule has 0 radical (unpaired) electrons. The van der Waals surface area contributed by atoms with Gasteiger partial charge in [-0.3, -0.25) is 14.3 Å². The number of sulfonamides is 1. The second-order valence-electron chi connectivity index (χ2n) is 5.64. The van der Waals surface area contributed by atoms with Crippen molar-refractivity contribution in [1.29, 1.82) is 0 Å². The van der Waals surface area contributed by atoms with E-state index in [0.717, 1.165) is 18.4 Å². The standard InChI is InChI=1S/C17H17F2N3O5S/c1-27-15-6-4-11(8-14(15)22-28(2,25)26)21-16(23)9-20-17(24)12-5-3-10(18)7-13(12)19/h3-8,22H,9H2,1-2H3,(H,20,24)(H,21,23). The molecule has 2 aromatic carbocycles. The van der Waals surface area contributed by atoms with Crippen LogP contribution in [0.1, 0.15) is 10.4 Å². The van der Waals surface area contributed by atoms with E-state index in [1.54, 1.807) is 0 Å². The molecule has 0 aromatic heterocycles. The Morgan fingerprint density at radius 3 is 2.43 bits per heavy atom. The molecule has 28 heavy (non-hydrogen) atoms. The van der Waals surface area contributed by atoms with E-state index in [-0.39, 0.29) is 17.1 Å². The summed E-state index contributed by atoms with van der Waals surface area (Å²) in [5.41, 5.74) is -0.0577. The Labute approximate surface area is 159 Å². The monoisotopic (exact) mass is 413 g/mol. The molecule has 11 heteroatoms. The van der Waals surface area contributed by atoms with Gasteiger partial charge in [0.05, 0.1) is 31.2 Å². The molecular weight excluding hydrogens is 396 g/mol. The maximum atomic E-state index is 13.6. The minimum atomic E-state index is -3.58. The number of carbonyl (C=O) groups excluding carboxylic acids is 2. The van der Waals surface area contributed by atoms with Crippen LogP contribution >= 0.6 is 0 Å². The third-order valence-corrected chi connectivity index (χ3v) is 3.95. The van der Waals surface area contributed by atoms with Gasteiger partial charge in [0.2, 0.25) is 15.9 Å². The van der Waals surface area contributed by atoms with Crippen LogP contribution in [0, 0.1) is 11.6 Å². The average molecular weight is 413 g/mol. The Morgan fingerprint density at radius 2 is 1.82 bits per heavy atom. The van der Waals surface area contributed by atoms with Crippen molar-refractivity contribution in [3.63, 3.8) is 0 Å². The summed E-state index contributed by atoms with van der Waals surface area (Å²) >= 11 is 0. The van der Waals surface area contributed by atoms with Crippen molar-refractivity contribution in [2.24, 2.45) is 0 Å². The molecule has 0 fully saturated rings. The predicted octanol–water partition coefficient (Wildman–Crippen LogP) is 1.71.